The number of hydrogen-bond acceptors (Lipinski definition) is 4. The van der Waals surface area contributed by atoms with Gasteiger partial charge in [0, 0.05) is 0 Å². The largest absolute Gasteiger partial charge is 0.394 e. The van der Waals surface area contributed by atoms with Gasteiger partial charge in [-0.25, -0.2) is 0 Å². The van der Waals surface area contributed by atoms with Crippen LogP contribution < -0.4 is 5.73 Å². The van der Waals surface area contributed by atoms with E-state index >= 15 is 0 Å². The molecule has 0 saturated carbocycles. The molecule has 0 rings (SSSR count). The molecule has 0 aromatic rings. The van der Waals surface area contributed by atoms with E-state index in [-0.39, 0.29) is 0 Å². The first-order chi connectivity index (χ1) is 16.0. The quantitative estimate of drug-likeness (QED) is 0.0970. The van der Waals surface area contributed by atoms with E-state index in [1.807, 2.05) is 0 Å². The fraction of sp³-hybridized carbons (Fsp3) is 1.00. The molecule has 0 aromatic carbocycles. The predicted octanol–water partition coefficient (Wildman–Crippen LogP) is 6.16. The lowest BCUT2D eigenvalue weighted by Crippen LogP contribution is -2.50. The molecule has 5 heteroatoms. The number of rotatable bonds is 24. The minimum Gasteiger partial charge on any atom is -0.394 e. The van der Waals surface area contributed by atoms with Gasteiger partial charge in [0.1, 0.15) is 0 Å². The van der Waals surface area contributed by atoms with Gasteiger partial charge in [-0.05, 0) is 0 Å². The second kappa shape index (κ2) is 28.6. The van der Waals surface area contributed by atoms with Crippen LogP contribution in [-0.2, 0) is 0 Å². The first-order valence-corrected chi connectivity index (χ1v) is 16.1. The number of aliphatic hydroxyl groups is 3. The van der Waals surface area contributed by atoms with E-state index < -0.39 is 25.4 Å². The Labute approximate surface area is 215 Å². The molecule has 5 N–H and O–H groups in total. The normalized spacial score (nSPS) is 12.4. The number of hydrogen-bond donors (Lipinski definition) is 4. The van der Waals surface area contributed by atoms with Gasteiger partial charge in [0.25, 0.3) is 0 Å². The van der Waals surface area contributed by atoms with Crippen LogP contribution in [0.2, 0.25) is 5.28 Å². The average Bonchev–Trinajstić information content (AvgIpc) is 2.85. The minimum atomic E-state index is -1.21. The topological polar surface area (TPSA) is 86.7 Å². The van der Waals surface area contributed by atoms with E-state index in [4.69, 9.17) is 21.1 Å². The average molecular weight is 488 g/mol. The van der Waals surface area contributed by atoms with Crippen LogP contribution in [0.15, 0.2) is 0 Å². The van der Waals surface area contributed by atoms with Crippen molar-refractivity contribution in [3.05, 3.63) is 0 Å². The Morgan fingerprint density at radius 2 is 0.818 bits per heavy atom. The Morgan fingerprint density at radius 1 is 0.545 bits per heavy atom. The standard InChI is InChI=1S/C24H49.C4H11NO3.Al.2H/c1-4-6-8-10-12-14-15-17-19-21-23-24(3)22-20-18-16-13-11-9-7-5-2;5-4(1-6,2-7)3-8;;;/h24H,3-23H2,1-2H3;6-8H,1-3,5H2;;;. The maximum Gasteiger partial charge on any atom is 0.212 e. The first-order valence-electron chi connectivity index (χ1n) is 14.6. The lowest BCUT2D eigenvalue weighted by molar-refractivity contribution is 0.0698. The summed E-state index contributed by atoms with van der Waals surface area (Å²) in [4.78, 5) is 0. The molecule has 0 aliphatic heterocycles. The van der Waals surface area contributed by atoms with Gasteiger partial charge in [-0.3, -0.25) is 0 Å². The molecule has 0 aliphatic rings. The van der Waals surface area contributed by atoms with Crippen molar-refractivity contribution in [3.8, 4) is 0 Å². The monoisotopic (exact) mass is 487 g/mol. The van der Waals surface area contributed by atoms with Crippen molar-refractivity contribution >= 4 is 16.3 Å². The van der Waals surface area contributed by atoms with E-state index in [9.17, 15) is 0 Å². The van der Waals surface area contributed by atoms with E-state index in [1.54, 1.807) is 5.28 Å². The third-order valence-electron chi connectivity index (χ3n) is 6.95. The lowest BCUT2D eigenvalue weighted by Gasteiger charge is -2.20. The molecule has 1 atom stereocenters. The highest BCUT2D eigenvalue weighted by Crippen LogP contribution is 2.21. The van der Waals surface area contributed by atoms with E-state index in [2.05, 4.69) is 13.8 Å². The zero-order valence-electron chi connectivity index (χ0n) is 23.0. The molecule has 0 heterocycles. The number of aliphatic hydroxyl groups excluding tert-OH is 3. The molecule has 0 fully saturated rings. The smallest absolute Gasteiger partial charge is 0.212 e. The van der Waals surface area contributed by atoms with Crippen molar-refractivity contribution < 1.29 is 15.3 Å². The van der Waals surface area contributed by atoms with Crippen molar-refractivity contribution in [2.45, 2.75) is 153 Å². The van der Waals surface area contributed by atoms with Gasteiger partial charge in [-0.1, -0.05) is 153 Å². The van der Waals surface area contributed by atoms with Gasteiger partial charge in [-0.2, -0.15) is 0 Å². The van der Waals surface area contributed by atoms with Crippen LogP contribution in [0.3, 0.4) is 0 Å². The van der Waals surface area contributed by atoms with Crippen LogP contribution >= 0.6 is 0 Å². The second-order valence-corrected chi connectivity index (χ2v) is 11.2. The molecule has 1 unspecified atom stereocenters. The fourth-order valence-corrected chi connectivity index (χ4v) is 5.01. The summed E-state index contributed by atoms with van der Waals surface area (Å²) in [5.41, 5.74) is 3.94. The molecule has 4 nitrogen and oxygen atoms in total. The SMILES string of the molecule is CCCCCCCCCCCCC([CH2][AlH2])CCCCCCCCCC.NC(CO)(CO)CO. The highest BCUT2D eigenvalue weighted by atomic mass is 27.0. The zero-order valence-corrected chi connectivity index (χ0v) is 25.0. The molecule has 0 spiro atoms. The van der Waals surface area contributed by atoms with Crippen LogP contribution in [0.4, 0.5) is 0 Å². The summed E-state index contributed by atoms with van der Waals surface area (Å²) < 4.78 is 0. The summed E-state index contributed by atoms with van der Waals surface area (Å²) >= 11 is 1.41. The van der Waals surface area contributed by atoms with Gasteiger partial charge in [0.15, 0.2) is 0 Å². The van der Waals surface area contributed by atoms with Crippen molar-refractivity contribution in [1.82, 2.24) is 0 Å². The summed E-state index contributed by atoms with van der Waals surface area (Å²) in [7, 11) is 0. The maximum atomic E-state index is 8.34. The predicted molar refractivity (Wildman–Crippen MR) is 149 cm³/mol. The Balaban J connectivity index is 0. The van der Waals surface area contributed by atoms with Crippen molar-refractivity contribution in [2.24, 2.45) is 11.7 Å². The molecule has 33 heavy (non-hydrogen) atoms. The molecule has 200 valence electrons. The summed E-state index contributed by atoms with van der Waals surface area (Å²) in [5, 5.41) is 26.6. The fourth-order valence-electron chi connectivity index (χ4n) is 4.19. The van der Waals surface area contributed by atoms with Crippen molar-refractivity contribution in [1.29, 1.82) is 0 Å². The summed E-state index contributed by atoms with van der Waals surface area (Å²) in [6, 6.07) is 0. The van der Waals surface area contributed by atoms with E-state index in [1.165, 1.54) is 145 Å². The highest BCUT2D eigenvalue weighted by molar-refractivity contribution is 6.08. The van der Waals surface area contributed by atoms with Gasteiger partial charge in [0.05, 0.1) is 25.4 Å². The minimum absolute atomic E-state index is 0.403. The van der Waals surface area contributed by atoms with Crippen molar-refractivity contribution in [2.75, 3.05) is 19.8 Å². The Bertz CT molecular complexity index is 346. The molecule has 0 bridgehead atoms. The Kier molecular flexibility index (Phi) is 30.8. The molecule has 0 aromatic heterocycles. The Morgan fingerprint density at radius 3 is 1.03 bits per heavy atom. The van der Waals surface area contributed by atoms with Crippen LogP contribution in [0.25, 0.3) is 0 Å². The van der Waals surface area contributed by atoms with E-state index in [0.29, 0.717) is 0 Å². The van der Waals surface area contributed by atoms with E-state index in [0.717, 1.165) is 5.92 Å². The van der Waals surface area contributed by atoms with Crippen LogP contribution in [0.5, 0.6) is 0 Å². The molecular formula is C28H62AlNO3. The third kappa shape index (κ3) is 26.8. The maximum absolute atomic E-state index is 8.34. The zero-order chi connectivity index (χ0) is 25.0. The summed E-state index contributed by atoms with van der Waals surface area (Å²) in [6.45, 7) is 3.41. The molecule has 0 radical (unpaired) electrons. The Hall–Kier alpha value is 0.372. The number of nitrogens with two attached hydrogens (primary N) is 1. The summed E-state index contributed by atoms with van der Waals surface area (Å²) in [6.07, 6.45) is 29.6. The molecule has 0 aliphatic carbocycles. The van der Waals surface area contributed by atoms with Gasteiger partial charge in [-0.15, -0.1) is 0 Å². The van der Waals surface area contributed by atoms with Crippen LogP contribution in [0, 0.1) is 5.92 Å². The molecular weight excluding hydrogens is 425 g/mol. The van der Waals surface area contributed by atoms with Crippen molar-refractivity contribution in [3.63, 3.8) is 0 Å². The molecule has 0 saturated heterocycles. The lowest BCUT2D eigenvalue weighted by atomic mass is 9.95. The molecule has 0 amide bonds. The highest BCUT2D eigenvalue weighted by Gasteiger charge is 2.20. The number of unbranched alkanes of at least 4 members (excludes halogenated alkanes) is 16. The van der Waals surface area contributed by atoms with Crippen LogP contribution in [0.1, 0.15) is 142 Å². The van der Waals surface area contributed by atoms with Gasteiger partial charge in [0.2, 0.25) is 16.3 Å². The van der Waals surface area contributed by atoms with Gasteiger partial charge >= 0.3 is 0 Å². The first kappa shape index (κ1) is 35.5. The third-order valence-corrected chi connectivity index (χ3v) is 8.11. The second-order valence-electron chi connectivity index (χ2n) is 10.3. The van der Waals surface area contributed by atoms with Crippen LogP contribution in [-0.4, -0.2) is 57.0 Å². The van der Waals surface area contributed by atoms with Gasteiger partial charge < -0.3 is 21.1 Å². The summed E-state index contributed by atoms with van der Waals surface area (Å²) in [5.74, 6) is 1.08.